The molecule has 0 aliphatic heterocycles. The van der Waals surface area contributed by atoms with Gasteiger partial charge in [0.15, 0.2) is 5.69 Å². The molecule has 0 saturated carbocycles. The minimum Gasteiger partial charge on any atom is -0.443 e. The van der Waals surface area contributed by atoms with Crippen LogP contribution in [-0.2, 0) is 9.53 Å². The molecule has 0 fully saturated rings. The van der Waals surface area contributed by atoms with Crippen molar-refractivity contribution in [3.8, 4) is 5.69 Å². The third kappa shape index (κ3) is 4.03. The number of benzene rings is 2. The molecule has 0 spiro atoms. The summed E-state index contributed by atoms with van der Waals surface area (Å²) < 4.78 is 20.2. The molecule has 0 bridgehead atoms. The topological polar surface area (TPSA) is 64.4 Å². The van der Waals surface area contributed by atoms with E-state index in [0.717, 1.165) is 0 Å². The van der Waals surface area contributed by atoms with Crippen molar-refractivity contribution in [3.63, 3.8) is 0 Å². The summed E-state index contributed by atoms with van der Waals surface area (Å²) in [6, 6.07) is 14.4. The van der Waals surface area contributed by atoms with E-state index in [2.05, 4.69) is 4.98 Å². The Morgan fingerprint density at radius 2 is 1.74 bits per heavy atom. The van der Waals surface area contributed by atoms with Crippen molar-refractivity contribution in [2.75, 3.05) is 14.1 Å². The van der Waals surface area contributed by atoms with Crippen LogP contribution in [0, 0.1) is 5.82 Å². The fraction of sp³-hybridized carbons (Fsp3) is 0.150. The maximum absolute atomic E-state index is 13.2. The molecule has 3 aromatic rings. The molecule has 1 heterocycles. The fourth-order valence-electron chi connectivity index (χ4n) is 2.54. The molecule has 0 radical (unpaired) electrons. The van der Waals surface area contributed by atoms with E-state index in [0.29, 0.717) is 11.3 Å². The predicted octanol–water partition coefficient (Wildman–Crippen LogP) is 3.00. The van der Waals surface area contributed by atoms with Gasteiger partial charge in [0.25, 0.3) is 5.91 Å². The summed E-state index contributed by atoms with van der Waals surface area (Å²) in [4.78, 5) is 30.6. The van der Waals surface area contributed by atoms with E-state index in [9.17, 15) is 14.0 Å². The van der Waals surface area contributed by atoms with Gasteiger partial charge < -0.3 is 9.64 Å². The molecule has 0 saturated heterocycles. The number of hydrogen-bond acceptors (Lipinski definition) is 4. The monoisotopic (exact) mass is 367 g/mol. The molecule has 6 nitrogen and oxygen atoms in total. The highest BCUT2D eigenvalue weighted by atomic mass is 19.1. The lowest BCUT2D eigenvalue weighted by atomic mass is 10.1. The smallest absolute Gasteiger partial charge is 0.358 e. The van der Waals surface area contributed by atoms with Crippen LogP contribution >= 0.6 is 0 Å². The number of rotatable bonds is 5. The number of halogens is 1. The zero-order valence-corrected chi connectivity index (χ0v) is 14.9. The number of ether oxygens (including phenoxy) is 1. The summed E-state index contributed by atoms with van der Waals surface area (Å²) in [5, 5.41) is 0. The molecular formula is C20H18FN3O3. The van der Waals surface area contributed by atoms with Gasteiger partial charge in [-0.05, 0) is 24.3 Å². The summed E-state index contributed by atoms with van der Waals surface area (Å²) in [6.07, 6.45) is 1.69. The van der Waals surface area contributed by atoms with Crippen molar-refractivity contribution < 1.29 is 18.7 Å². The van der Waals surface area contributed by atoms with E-state index in [1.165, 1.54) is 46.3 Å². The Hall–Kier alpha value is -3.48. The molecule has 1 atom stereocenters. The predicted molar refractivity (Wildman–Crippen MR) is 96.8 cm³/mol. The van der Waals surface area contributed by atoms with Crippen LogP contribution < -0.4 is 0 Å². The number of hydrogen-bond donors (Lipinski definition) is 0. The van der Waals surface area contributed by atoms with Gasteiger partial charge in [-0.1, -0.05) is 30.3 Å². The summed E-state index contributed by atoms with van der Waals surface area (Å²) in [5.74, 6) is -1.45. The summed E-state index contributed by atoms with van der Waals surface area (Å²) >= 11 is 0. The van der Waals surface area contributed by atoms with Crippen LogP contribution in [-0.4, -0.2) is 40.4 Å². The molecular weight excluding hydrogens is 349 g/mol. The molecule has 2 aromatic carbocycles. The lowest BCUT2D eigenvalue weighted by Gasteiger charge is -2.21. The first-order valence-corrected chi connectivity index (χ1v) is 8.22. The lowest BCUT2D eigenvalue weighted by molar-refractivity contribution is -0.138. The number of carbonyl (C=O) groups is 2. The second kappa shape index (κ2) is 7.82. The maximum Gasteiger partial charge on any atom is 0.358 e. The molecule has 1 unspecified atom stereocenters. The summed E-state index contributed by atoms with van der Waals surface area (Å²) in [6.45, 7) is 0. The molecule has 1 amide bonds. The van der Waals surface area contributed by atoms with Gasteiger partial charge in [-0.15, -0.1) is 0 Å². The molecule has 3 rings (SSSR count). The number of amides is 1. The van der Waals surface area contributed by atoms with Crippen molar-refractivity contribution >= 4 is 11.9 Å². The van der Waals surface area contributed by atoms with E-state index < -0.39 is 12.1 Å². The van der Waals surface area contributed by atoms with Gasteiger partial charge in [-0.25, -0.2) is 14.2 Å². The van der Waals surface area contributed by atoms with E-state index in [4.69, 9.17) is 4.74 Å². The fourth-order valence-corrected chi connectivity index (χ4v) is 2.54. The quantitative estimate of drug-likeness (QED) is 0.651. The zero-order valence-electron chi connectivity index (χ0n) is 14.9. The highest BCUT2D eigenvalue weighted by Crippen LogP contribution is 2.22. The number of aromatic nitrogens is 2. The SMILES string of the molecule is CN(C)C(=O)C(OC(=O)c1cncn1-c1ccc(F)cc1)c1ccccc1. The molecule has 0 N–H and O–H groups in total. The minimum atomic E-state index is -1.08. The van der Waals surface area contributed by atoms with Crippen molar-refractivity contribution in [1.82, 2.24) is 14.5 Å². The van der Waals surface area contributed by atoms with Gasteiger partial charge in [-0.2, -0.15) is 0 Å². The second-order valence-corrected chi connectivity index (χ2v) is 6.05. The average Bonchev–Trinajstić information content (AvgIpc) is 3.16. The Labute approximate surface area is 155 Å². The maximum atomic E-state index is 13.2. The summed E-state index contributed by atoms with van der Waals surface area (Å²) in [7, 11) is 3.18. The van der Waals surface area contributed by atoms with E-state index in [1.807, 2.05) is 6.07 Å². The largest absolute Gasteiger partial charge is 0.443 e. The van der Waals surface area contributed by atoms with Crippen LogP contribution in [0.2, 0.25) is 0 Å². The van der Waals surface area contributed by atoms with Crippen molar-refractivity contribution in [1.29, 1.82) is 0 Å². The Bertz CT molecular complexity index is 937. The molecule has 7 heteroatoms. The minimum absolute atomic E-state index is 0.133. The van der Waals surface area contributed by atoms with Crippen molar-refractivity contribution in [3.05, 3.63) is 84.2 Å². The number of esters is 1. The Balaban J connectivity index is 1.90. The molecule has 0 aliphatic carbocycles. The van der Waals surface area contributed by atoms with Gasteiger partial charge >= 0.3 is 5.97 Å². The first kappa shape index (κ1) is 18.3. The van der Waals surface area contributed by atoms with Crippen LogP contribution in [0.4, 0.5) is 4.39 Å². The van der Waals surface area contributed by atoms with Gasteiger partial charge in [0.1, 0.15) is 5.82 Å². The Morgan fingerprint density at radius 1 is 1.07 bits per heavy atom. The first-order chi connectivity index (χ1) is 13.0. The second-order valence-electron chi connectivity index (χ2n) is 6.05. The summed E-state index contributed by atoms with van der Waals surface area (Å²) in [5.41, 5.74) is 1.25. The van der Waals surface area contributed by atoms with Crippen LogP contribution in [0.25, 0.3) is 5.69 Å². The van der Waals surface area contributed by atoms with Gasteiger partial charge in [0, 0.05) is 25.3 Å². The normalized spacial score (nSPS) is 11.7. The lowest BCUT2D eigenvalue weighted by Crippen LogP contribution is -2.31. The van der Waals surface area contributed by atoms with Crippen LogP contribution in [0.3, 0.4) is 0 Å². The highest BCUT2D eigenvalue weighted by Gasteiger charge is 2.28. The Kier molecular flexibility index (Phi) is 5.30. The van der Waals surface area contributed by atoms with Gasteiger partial charge in [0.2, 0.25) is 6.10 Å². The van der Waals surface area contributed by atoms with Crippen LogP contribution in [0.5, 0.6) is 0 Å². The van der Waals surface area contributed by atoms with E-state index in [-0.39, 0.29) is 17.4 Å². The van der Waals surface area contributed by atoms with Crippen molar-refractivity contribution in [2.45, 2.75) is 6.10 Å². The number of imidazole rings is 1. The van der Waals surface area contributed by atoms with Crippen LogP contribution in [0.15, 0.2) is 67.1 Å². The third-order valence-electron chi connectivity index (χ3n) is 3.94. The standard InChI is InChI=1S/C20H18FN3O3/c1-23(2)19(25)18(14-6-4-3-5-7-14)27-20(26)17-12-22-13-24(17)16-10-8-15(21)9-11-16/h3-13,18H,1-2H3. The number of nitrogens with zero attached hydrogens (tertiary/aromatic N) is 3. The average molecular weight is 367 g/mol. The van der Waals surface area contributed by atoms with Gasteiger partial charge in [0.05, 0.1) is 12.5 Å². The first-order valence-electron chi connectivity index (χ1n) is 8.22. The number of likely N-dealkylation sites (N-methyl/N-ethyl adjacent to an activating group) is 1. The van der Waals surface area contributed by atoms with E-state index >= 15 is 0 Å². The van der Waals surface area contributed by atoms with Gasteiger partial charge in [-0.3, -0.25) is 9.36 Å². The van der Waals surface area contributed by atoms with Crippen LogP contribution in [0.1, 0.15) is 22.2 Å². The third-order valence-corrected chi connectivity index (χ3v) is 3.94. The van der Waals surface area contributed by atoms with Crippen molar-refractivity contribution in [2.24, 2.45) is 0 Å². The number of carbonyl (C=O) groups excluding carboxylic acids is 2. The molecule has 0 aliphatic rings. The molecule has 138 valence electrons. The Morgan fingerprint density at radius 3 is 2.37 bits per heavy atom. The molecule has 1 aromatic heterocycles. The highest BCUT2D eigenvalue weighted by molar-refractivity contribution is 5.91. The molecule has 27 heavy (non-hydrogen) atoms. The van der Waals surface area contributed by atoms with E-state index in [1.54, 1.807) is 38.4 Å². The zero-order chi connectivity index (χ0) is 19.4.